The molecule has 212 valence electrons. The van der Waals surface area contributed by atoms with Crippen LogP contribution in [0, 0.1) is 5.82 Å². The average Bonchev–Trinajstić information content (AvgIpc) is 3.58. The number of aromatic amines is 1. The van der Waals surface area contributed by atoms with Crippen molar-refractivity contribution in [1.29, 1.82) is 0 Å². The Kier molecular flexibility index (Phi) is 8.39. The number of carbonyl (C=O) groups excluding carboxylic acids is 2. The maximum absolute atomic E-state index is 14.9. The molecule has 2 saturated heterocycles. The first kappa shape index (κ1) is 27.7. The van der Waals surface area contributed by atoms with E-state index in [4.69, 9.17) is 0 Å². The maximum Gasteiger partial charge on any atom is 0.243 e. The van der Waals surface area contributed by atoms with Gasteiger partial charge < -0.3 is 20.4 Å². The Morgan fingerprint density at radius 3 is 2.52 bits per heavy atom. The Morgan fingerprint density at radius 2 is 1.82 bits per heavy atom. The van der Waals surface area contributed by atoms with Gasteiger partial charge in [0.2, 0.25) is 11.8 Å². The molecule has 3 aromatic rings. The minimum Gasteiger partial charge on any atom is -0.351 e. The Morgan fingerprint density at radius 1 is 1.07 bits per heavy atom. The number of piperazine rings is 1. The molecule has 0 aliphatic carbocycles. The van der Waals surface area contributed by atoms with Crippen molar-refractivity contribution in [1.82, 2.24) is 30.9 Å². The van der Waals surface area contributed by atoms with Gasteiger partial charge in [0.25, 0.3) is 0 Å². The van der Waals surface area contributed by atoms with E-state index in [1.807, 2.05) is 49.1 Å². The molecule has 2 aliphatic heterocycles. The van der Waals surface area contributed by atoms with E-state index in [0.29, 0.717) is 22.6 Å². The Hall–Kier alpha value is -3.86. The number of H-pyrrole nitrogens is 1. The standard InChI is InChI=1S/C29H35F2N7O2/c1-18(2)22-9-8-20(14-23(22)31)27(19-6-4-3-5-7-19)33-29(40)25-15-21(30)17-38(25)26(39)16-24-28(35-36-34-24)37-12-10-32-11-13-37/h3-9,14,18,21,25,27,32H,10-13,15-17H2,1-2H3,(H,33,40)(H,34,35,36)/t21-,25+,27+/m1/s1. The molecule has 1 aromatic heterocycles. The van der Waals surface area contributed by atoms with Crippen LogP contribution in [0.5, 0.6) is 0 Å². The highest BCUT2D eigenvalue weighted by atomic mass is 19.1. The molecular weight excluding hydrogens is 516 g/mol. The van der Waals surface area contributed by atoms with E-state index in [0.717, 1.165) is 31.7 Å². The Balaban J connectivity index is 1.35. The van der Waals surface area contributed by atoms with Gasteiger partial charge in [0.15, 0.2) is 5.82 Å². The number of anilines is 1. The lowest BCUT2D eigenvalue weighted by atomic mass is 9.94. The molecule has 9 nitrogen and oxygen atoms in total. The first-order chi connectivity index (χ1) is 19.3. The molecule has 0 radical (unpaired) electrons. The fourth-order valence-corrected chi connectivity index (χ4v) is 5.48. The van der Waals surface area contributed by atoms with Crippen LogP contribution in [0.1, 0.15) is 54.6 Å². The summed E-state index contributed by atoms with van der Waals surface area (Å²) >= 11 is 0. The number of amides is 2. The molecule has 3 heterocycles. The predicted molar refractivity (Wildman–Crippen MR) is 147 cm³/mol. The number of hydrogen-bond donors (Lipinski definition) is 3. The Labute approximate surface area is 232 Å². The number of nitrogens with one attached hydrogen (secondary N) is 3. The molecule has 2 amide bonds. The first-order valence-electron chi connectivity index (χ1n) is 13.7. The van der Waals surface area contributed by atoms with Gasteiger partial charge in [-0.1, -0.05) is 56.3 Å². The molecule has 0 unspecified atom stereocenters. The van der Waals surface area contributed by atoms with Crippen LogP contribution in [0.25, 0.3) is 0 Å². The van der Waals surface area contributed by atoms with E-state index in [9.17, 15) is 18.4 Å². The van der Waals surface area contributed by atoms with Crippen molar-refractivity contribution in [3.05, 3.63) is 76.7 Å². The number of likely N-dealkylation sites (tertiary alicyclic amines) is 1. The molecule has 40 heavy (non-hydrogen) atoms. The third kappa shape index (κ3) is 5.99. The molecule has 5 rings (SSSR count). The number of aromatic nitrogens is 3. The lowest BCUT2D eigenvalue weighted by Gasteiger charge is -2.28. The normalized spacial score (nSPS) is 20.1. The molecule has 0 bridgehead atoms. The summed E-state index contributed by atoms with van der Waals surface area (Å²) < 4.78 is 29.6. The second kappa shape index (κ2) is 12.1. The van der Waals surface area contributed by atoms with Gasteiger partial charge in [-0.2, -0.15) is 10.3 Å². The molecule has 0 saturated carbocycles. The van der Waals surface area contributed by atoms with Crippen molar-refractivity contribution in [3.8, 4) is 0 Å². The second-order valence-corrected chi connectivity index (χ2v) is 10.7. The molecule has 3 N–H and O–H groups in total. The predicted octanol–water partition coefficient (Wildman–Crippen LogP) is 2.86. The van der Waals surface area contributed by atoms with Crippen LogP contribution in [0.3, 0.4) is 0 Å². The summed E-state index contributed by atoms with van der Waals surface area (Å²) in [6.45, 7) is 6.71. The minimum atomic E-state index is -1.33. The van der Waals surface area contributed by atoms with Crippen molar-refractivity contribution in [2.24, 2.45) is 0 Å². The van der Waals surface area contributed by atoms with Crippen molar-refractivity contribution in [2.75, 3.05) is 37.6 Å². The molecule has 2 aromatic carbocycles. The largest absolute Gasteiger partial charge is 0.351 e. The van der Waals surface area contributed by atoms with Crippen LogP contribution in [-0.2, 0) is 16.0 Å². The SMILES string of the molecule is CC(C)c1ccc([C@@H](NC(=O)[C@@H]2C[C@@H](F)CN2C(=O)Cc2n[nH]nc2N2CCNCC2)c2ccccc2)cc1F. The van der Waals surface area contributed by atoms with E-state index in [2.05, 4.69) is 26.0 Å². The van der Waals surface area contributed by atoms with Crippen LogP contribution in [-0.4, -0.2) is 77.1 Å². The average molecular weight is 552 g/mol. The quantitative estimate of drug-likeness (QED) is 0.398. The number of hydrogen-bond acceptors (Lipinski definition) is 6. The number of alkyl halides is 1. The van der Waals surface area contributed by atoms with Crippen molar-refractivity contribution >= 4 is 17.6 Å². The van der Waals surface area contributed by atoms with Crippen LogP contribution < -0.4 is 15.5 Å². The highest BCUT2D eigenvalue weighted by Gasteiger charge is 2.41. The van der Waals surface area contributed by atoms with Gasteiger partial charge in [0.1, 0.15) is 23.7 Å². The summed E-state index contributed by atoms with van der Waals surface area (Å²) in [5.41, 5.74) is 2.37. The summed E-state index contributed by atoms with van der Waals surface area (Å²) in [6, 6.07) is 12.5. The molecule has 2 fully saturated rings. The zero-order valence-electron chi connectivity index (χ0n) is 22.7. The smallest absolute Gasteiger partial charge is 0.243 e. The van der Waals surface area contributed by atoms with E-state index in [-0.39, 0.29) is 31.1 Å². The fourth-order valence-electron chi connectivity index (χ4n) is 5.48. The molecule has 11 heteroatoms. The molecule has 0 spiro atoms. The first-order valence-corrected chi connectivity index (χ1v) is 13.7. The third-order valence-corrected chi connectivity index (χ3v) is 7.61. The van der Waals surface area contributed by atoms with Gasteiger partial charge in [0, 0.05) is 32.6 Å². The van der Waals surface area contributed by atoms with Crippen LogP contribution in [0.4, 0.5) is 14.6 Å². The van der Waals surface area contributed by atoms with Crippen molar-refractivity contribution in [2.45, 2.75) is 50.9 Å². The highest BCUT2D eigenvalue weighted by Crippen LogP contribution is 2.29. The minimum absolute atomic E-state index is 0.00942. The summed E-state index contributed by atoms with van der Waals surface area (Å²) in [4.78, 5) is 30.4. The number of carbonyl (C=O) groups is 2. The van der Waals surface area contributed by atoms with E-state index >= 15 is 0 Å². The lowest BCUT2D eigenvalue weighted by molar-refractivity contribution is -0.138. The van der Waals surface area contributed by atoms with Crippen molar-refractivity contribution in [3.63, 3.8) is 0 Å². The lowest BCUT2D eigenvalue weighted by Crippen LogP contribution is -2.47. The highest BCUT2D eigenvalue weighted by molar-refractivity contribution is 5.90. The van der Waals surface area contributed by atoms with Gasteiger partial charge in [0.05, 0.1) is 19.0 Å². The van der Waals surface area contributed by atoms with E-state index in [1.165, 1.54) is 11.0 Å². The van der Waals surface area contributed by atoms with Gasteiger partial charge in [-0.05, 0) is 28.7 Å². The van der Waals surface area contributed by atoms with Crippen LogP contribution in [0.15, 0.2) is 48.5 Å². The fraction of sp³-hybridized carbons (Fsp3) is 0.448. The monoisotopic (exact) mass is 551 g/mol. The summed E-state index contributed by atoms with van der Waals surface area (Å²) in [5.74, 6) is -0.623. The van der Waals surface area contributed by atoms with Crippen LogP contribution in [0.2, 0.25) is 0 Å². The van der Waals surface area contributed by atoms with Gasteiger partial charge in [-0.3, -0.25) is 9.59 Å². The third-order valence-electron chi connectivity index (χ3n) is 7.61. The number of rotatable bonds is 8. The Bertz CT molecular complexity index is 1330. The summed E-state index contributed by atoms with van der Waals surface area (Å²) in [7, 11) is 0. The molecule has 3 atom stereocenters. The number of halogens is 2. The van der Waals surface area contributed by atoms with Gasteiger partial charge >= 0.3 is 0 Å². The summed E-state index contributed by atoms with van der Waals surface area (Å²) in [6.07, 6.45) is -1.54. The molecule has 2 aliphatic rings. The number of benzene rings is 2. The van der Waals surface area contributed by atoms with E-state index in [1.54, 1.807) is 12.1 Å². The topological polar surface area (TPSA) is 106 Å². The number of nitrogens with zero attached hydrogens (tertiary/aromatic N) is 4. The zero-order chi connectivity index (χ0) is 28.2. The maximum atomic E-state index is 14.9. The zero-order valence-corrected chi connectivity index (χ0v) is 22.7. The van der Waals surface area contributed by atoms with Crippen LogP contribution >= 0.6 is 0 Å². The van der Waals surface area contributed by atoms with E-state index < -0.39 is 30.1 Å². The summed E-state index contributed by atoms with van der Waals surface area (Å²) in [5, 5.41) is 17.2. The second-order valence-electron chi connectivity index (χ2n) is 10.7. The van der Waals surface area contributed by atoms with Crippen molar-refractivity contribution < 1.29 is 18.4 Å². The molecular formula is C29H35F2N7O2. The van der Waals surface area contributed by atoms with Gasteiger partial charge in [-0.25, -0.2) is 8.78 Å². The van der Waals surface area contributed by atoms with Gasteiger partial charge in [-0.15, -0.1) is 5.10 Å².